The van der Waals surface area contributed by atoms with E-state index in [0.717, 1.165) is 22.2 Å². The zero-order valence-corrected chi connectivity index (χ0v) is 18.2. The Bertz CT molecular complexity index is 1280. The highest BCUT2D eigenvalue weighted by molar-refractivity contribution is 5.78. The predicted octanol–water partition coefficient (Wildman–Crippen LogP) is 4.51. The smallest absolute Gasteiger partial charge is 0.220 e. The number of carbonyl (C=O) groups excluding carboxylic acids is 1. The third kappa shape index (κ3) is 5.31. The molecule has 0 aliphatic heterocycles. The number of rotatable bonds is 9. The molecule has 7 nitrogen and oxygen atoms in total. The normalized spacial score (nSPS) is 11.5. The maximum absolute atomic E-state index is 12.8. The van der Waals surface area contributed by atoms with Crippen LogP contribution in [0.1, 0.15) is 35.6 Å². The number of methoxy groups -OCH3 is 1. The van der Waals surface area contributed by atoms with Crippen LogP contribution in [0.3, 0.4) is 0 Å². The van der Waals surface area contributed by atoms with Gasteiger partial charge in [-0.15, -0.1) is 0 Å². The van der Waals surface area contributed by atoms with E-state index < -0.39 is 0 Å². The number of aromatic nitrogens is 2. The van der Waals surface area contributed by atoms with Gasteiger partial charge in [-0.3, -0.25) is 4.79 Å². The molecule has 4 aromatic rings. The van der Waals surface area contributed by atoms with Crippen LogP contribution in [0.15, 0.2) is 73.1 Å². The summed E-state index contributed by atoms with van der Waals surface area (Å²) in [5.74, 6) is 0.979. The van der Waals surface area contributed by atoms with E-state index in [4.69, 9.17) is 14.7 Å². The zero-order valence-electron chi connectivity index (χ0n) is 18.2. The molecule has 1 atom stereocenters. The van der Waals surface area contributed by atoms with Crippen molar-refractivity contribution < 1.29 is 14.3 Å². The summed E-state index contributed by atoms with van der Waals surface area (Å²) in [6.45, 7) is 0.353. The summed E-state index contributed by atoms with van der Waals surface area (Å²) in [6, 6.07) is 22.6. The number of carbonyl (C=O) groups is 1. The fourth-order valence-electron chi connectivity index (χ4n) is 3.64. The van der Waals surface area contributed by atoms with Crippen molar-refractivity contribution in [2.45, 2.75) is 18.9 Å². The fourth-order valence-corrected chi connectivity index (χ4v) is 3.64. The van der Waals surface area contributed by atoms with Gasteiger partial charge in [0.05, 0.1) is 48.8 Å². The number of nitriles is 1. The number of aromatic amines is 1. The molecule has 33 heavy (non-hydrogen) atoms. The number of nitrogens with zero attached hydrogens (tertiary/aromatic N) is 2. The molecular formula is C26H24N4O3. The largest absolute Gasteiger partial charge is 0.493 e. The van der Waals surface area contributed by atoms with Crippen LogP contribution in [0, 0.1) is 11.3 Å². The van der Waals surface area contributed by atoms with Crippen LogP contribution in [0.4, 0.5) is 0 Å². The van der Waals surface area contributed by atoms with Crippen LogP contribution in [0.25, 0.3) is 11.0 Å². The molecule has 1 unspecified atom stereocenters. The van der Waals surface area contributed by atoms with E-state index in [1.165, 1.54) is 7.11 Å². The third-order valence-electron chi connectivity index (χ3n) is 5.31. The average molecular weight is 441 g/mol. The monoisotopic (exact) mass is 440 g/mol. The highest BCUT2D eigenvalue weighted by Crippen LogP contribution is 2.28. The Morgan fingerprint density at radius 2 is 1.94 bits per heavy atom. The number of imidazole rings is 1. The lowest BCUT2D eigenvalue weighted by molar-refractivity contribution is -0.121. The van der Waals surface area contributed by atoms with Crippen LogP contribution < -0.4 is 14.8 Å². The molecule has 3 aromatic carbocycles. The standard InChI is InChI=1S/C26H24N4O3/c1-32-24-14-18(16-27)9-12-23(24)33-13-5-8-25(31)30-26(19-6-3-2-4-7-19)20-10-11-21-22(15-20)29-17-28-21/h2-4,6-7,9-12,14-15,17,26H,5,8,13H2,1H3,(H,28,29)(H,30,31). The van der Waals surface area contributed by atoms with Crippen molar-refractivity contribution in [3.05, 3.63) is 89.7 Å². The van der Waals surface area contributed by atoms with Crippen LogP contribution in [-0.4, -0.2) is 29.6 Å². The van der Waals surface area contributed by atoms with E-state index in [-0.39, 0.29) is 11.9 Å². The minimum atomic E-state index is -0.272. The maximum atomic E-state index is 12.8. The summed E-state index contributed by atoms with van der Waals surface area (Å²) in [5, 5.41) is 12.2. The molecule has 7 heteroatoms. The zero-order chi connectivity index (χ0) is 23.0. The molecule has 1 amide bonds. The van der Waals surface area contributed by atoms with Crippen molar-refractivity contribution in [2.24, 2.45) is 0 Å². The second-order valence-corrected chi connectivity index (χ2v) is 7.52. The lowest BCUT2D eigenvalue weighted by Crippen LogP contribution is -2.29. The number of hydrogen-bond donors (Lipinski definition) is 2. The summed E-state index contributed by atoms with van der Waals surface area (Å²) in [6.07, 6.45) is 2.51. The third-order valence-corrected chi connectivity index (χ3v) is 5.31. The molecule has 0 aliphatic rings. The Kier molecular flexibility index (Phi) is 6.86. The molecule has 2 N–H and O–H groups in total. The molecule has 1 aromatic heterocycles. The molecule has 1 heterocycles. The number of benzene rings is 3. The van der Waals surface area contributed by atoms with E-state index in [1.807, 2.05) is 48.5 Å². The molecular weight excluding hydrogens is 416 g/mol. The maximum Gasteiger partial charge on any atom is 0.220 e. The highest BCUT2D eigenvalue weighted by Gasteiger charge is 2.17. The molecule has 166 valence electrons. The molecule has 0 aliphatic carbocycles. The van der Waals surface area contributed by atoms with Gasteiger partial charge in [0.1, 0.15) is 0 Å². The van der Waals surface area contributed by atoms with Gasteiger partial charge in [-0.25, -0.2) is 4.98 Å². The number of fused-ring (bicyclic) bond motifs is 1. The minimum Gasteiger partial charge on any atom is -0.493 e. The number of H-pyrrole nitrogens is 1. The van der Waals surface area contributed by atoms with Gasteiger partial charge in [0.25, 0.3) is 0 Å². The minimum absolute atomic E-state index is 0.0658. The Labute approximate surface area is 192 Å². The summed E-state index contributed by atoms with van der Waals surface area (Å²) in [7, 11) is 1.53. The van der Waals surface area contributed by atoms with E-state index in [0.29, 0.717) is 36.5 Å². The van der Waals surface area contributed by atoms with Gasteiger partial charge in [0.2, 0.25) is 5.91 Å². The molecule has 0 saturated carbocycles. The SMILES string of the molecule is COc1cc(C#N)ccc1OCCCC(=O)NC(c1ccccc1)c1ccc2nc[nH]c2c1. The van der Waals surface area contributed by atoms with Gasteiger partial charge in [-0.05, 0) is 41.8 Å². The lowest BCUT2D eigenvalue weighted by atomic mass is 9.98. The van der Waals surface area contributed by atoms with E-state index in [2.05, 4.69) is 21.4 Å². The van der Waals surface area contributed by atoms with Crippen molar-refractivity contribution >= 4 is 16.9 Å². The second-order valence-electron chi connectivity index (χ2n) is 7.52. The quantitative estimate of drug-likeness (QED) is 0.373. The average Bonchev–Trinajstić information content (AvgIpc) is 3.33. The van der Waals surface area contributed by atoms with Crippen molar-refractivity contribution in [3.63, 3.8) is 0 Å². The van der Waals surface area contributed by atoms with Gasteiger partial charge in [0, 0.05) is 12.5 Å². The number of amides is 1. The summed E-state index contributed by atoms with van der Waals surface area (Å²) >= 11 is 0. The van der Waals surface area contributed by atoms with Crippen molar-refractivity contribution in [1.82, 2.24) is 15.3 Å². The van der Waals surface area contributed by atoms with E-state index >= 15 is 0 Å². The van der Waals surface area contributed by atoms with E-state index in [1.54, 1.807) is 24.5 Å². The predicted molar refractivity (Wildman–Crippen MR) is 125 cm³/mol. The molecule has 4 rings (SSSR count). The van der Waals surface area contributed by atoms with Gasteiger partial charge in [0.15, 0.2) is 11.5 Å². The Hall–Kier alpha value is -4.31. The molecule has 0 radical (unpaired) electrons. The summed E-state index contributed by atoms with van der Waals surface area (Å²) in [4.78, 5) is 20.2. The first-order valence-corrected chi connectivity index (χ1v) is 10.7. The van der Waals surface area contributed by atoms with Gasteiger partial charge in [-0.2, -0.15) is 5.26 Å². The molecule has 0 spiro atoms. The fraction of sp³-hybridized carbons (Fsp3) is 0.192. The van der Waals surface area contributed by atoms with Crippen molar-refractivity contribution in [1.29, 1.82) is 5.26 Å². The summed E-state index contributed by atoms with van der Waals surface area (Å²) in [5.41, 5.74) is 4.28. The van der Waals surface area contributed by atoms with Crippen LogP contribution in [0.2, 0.25) is 0 Å². The van der Waals surface area contributed by atoms with Crippen molar-refractivity contribution in [3.8, 4) is 17.6 Å². The number of nitrogens with one attached hydrogen (secondary N) is 2. The Morgan fingerprint density at radius 3 is 2.73 bits per heavy atom. The van der Waals surface area contributed by atoms with Gasteiger partial charge >= 0.3 is 0 Å². The van der Waals surface area contributed by atoms with Gasteiger partial charge < -0.3 is 19.8 Å². The van der Waals surface area contributed by atoms with E-state index in [9.17, 15) is 4.79 Å². The molecule has 0 bridgehead atoms. The van der Waals surface area contributed by atoms with Gasteiger partial charge in [-0.1, -0.05) is 36.4 Å². The first kappa shape index (κ1) is 21.9. The Morgan fingerprint density at radius 1 is 1.09 bits per heavy atom. The van der Waals surface area contributed by atoms with Crippen LogP contribution >= 0.6 is 0 Å². The number of hydrogen-bond acceptors (Lipinski definition) is 5. The number of ether oxygens (including phenoxy) is 2. The summed E-state index contributed by atoms with van der Waals surface area (Å²) < 4.78 is 11.0. The molecule has 0 fully saturated rings. The highest BCUT2D eigenvalue weighted by atomic mass is 16.5. The Balaban J connectivity index is 1.39. The topological polar surface area (TPSA) is 100 Å². The van der Waals surface area contributed by atoms with Crippen LogP contribution in [-0.2, 0) is 4.79 Å². The first-order chi connectivity index (χ1) is 16.2. The second kappa shape index (κ2) is 10.3. The lowest BCUT2D eigenvalue weighted by Gasteiger charge is -2.20. The first-order valence-electron chi connectivity index (χ1n) is 10.7. The van der Waals surface area contributed by atoms with Crippen molar-refractivity contribution in [2.75, 3.05) is 13.7 Å². The molecule has 0 saturated heterocycles. The van der Waals surface area contributed by atoms with Crippen LogP contribution in [0.5, 0.6) is 11.5 Å².